The number of anilines is 1. The summed E-state index contributed by atoms with van der Waals surface area (Å²) in [5.74, 6) is -0.259. The molecule has 7 nitrogen and oxygen atoms in total. The van der Waals surface area contributed by atoms with Gasteiger partial charge in [-0.2, -0.15) is 10.2 Å². The van der Waals surface area contributed by atoms with E-state index in [0.717, 1.165) is 22.1 Å². The second-order valence-corrected chi connectivity index (χ2v) is 6.99. The third kappa shape index (κ3) is 3.49. The van der Waals surface area contributed by atoms with E-state index in [1.807, 2.05) is 66.7 Å². The van der Waals surface area contributed by atoms with Crippen molar-refractivity contribution >= 4 is 22.4 Å². The van der Waals surface area contributed by atoms with E-state index in [-0.39, 0.29) is 11.5 Å². The van der Waals surface area contributed by atoms with Crippen LogP contribution >= 0.6 is 0 Å². The van der Waals surface area contributed by atoms with Crippen molar-refractivity contribution in [2.45, 2.75) is 0 Å². The number of aromatic nitrogens is 4. The highest BCUT2D eigenvalue weighted by molar-refractivity contribution is 6.05. The molecular formula is C24H17N5O2. The van der Waals surface area contributed by atoms with Gasteiger partial charge in [-0.05, 0) is 23.8 Å². The van der Waals surface area contributed by atoms with Crippen LogP contribution in [0.2, 0.25) is 0 Å². The van der Waals surface area contributed by atoms with Crippen molar-refractivity contribution in [1.29, 1.82) is 0 Å². The van der Waals surface area contributed by atoms with Crippen LogP contribution in [-0.2, 0) is 0 Å². The number of rotatable bonds is 4. The molecule has 0 fully saturated rings. The first-order chi connectivity index (χ1) is 15.2. The zero-order valence-corrected chi connectivity index (χ0v) is 16.3. The van der Waals surface area contributed by atoms with Crippen LogP contribution in [0.4, 0.5) is 5.69 Å². The van der Waals surface area contributed by atoms with E-state index in [0.29, 0.717) is 22.5 Å². The maximum atomic E-state index is 12.4. The fraction of sp³-hybridized carbons (Fsp3) is 0. The molecule has 0 aliphatic rings. The van der Waals surface area contributed by atoms with Gasteiger partial charge in [0.1, 0.15) is 5.69 Å². The smallest absolute Gasteiger partial charge is 0.273 e. The number of amides is 1. The van der Waals surface area contributed by atoms with Crippen molar-refractivity contribution in [2.24, 2.45) is 0 Å². The Balaban J connectivity index is 1.50. The minimum Gasteiger partial charge on any atom is -0.320 e. The summed E-state index contributed by atoms with van der Waals surface area (Å²) < 4.78 is 0. The van der Waals surface area contributed by atoms with Crippen molar-refractivity contribution in [3.8, 4) is 22.4 Å². The number of carbonyl (C=O) groups excluding carboxylic acids is 1. The van der Waals surface area contributed by atoms with Crippen LogP contribution < -0.4 is 10.9 Å². The Hall–Kier alpha value is -4.52. The molecule has 0 aliphatic heterocycles. The number of hydrogen-bond donors (Lipinski definition) is 3. The average Bonchev–Trinajstić information content (AvgIpc) is 3.36. The molecule has 150 valence electrons. The number of H-pyrrole nitrogens is 2. The highest BCUT2D eigenvalue weighted by atomic mass is 16.2. The predicted octanol–water partition coefficient (Wildman–Crippen LogP) is 4.23. The first-order valence-corrected chi connectivity index (χ1v) is 9.69. The molecule has 3 aromatic carbocycles. The Morgan fingerprint density at radius 2 is 1.48 bits per heavy atom. The number of aromatic amines is 2. The van der Waals surface area contributed by atoms with Crippen molar-refractivity contribution in [2.75, 3.05) is 5.32 Å². The maximum Gasteiger partial charge on any atom is 0.273 e. The molecule has 2 heterocycles. The minimum absolute atomic E-state index is 0.210. The monoisotopic (exact) mass is 407 g/mol. The van der Waals surface area contributed by atoms with Crippen LogP contribution in [0.15, 0.2) is 89.9 Å². The summed E-state index contributed by atoms with van der Waals surface area (Å²) in [6.07, 6.45) is 1.54. The molecular weight excluding hydrogens is 390 g/mol. The summed E-state index contributed by atoms with van der Waals surface area (Å²) in [6.45, 7) is 0. The van der Waals surface area contributed by atoms with Gasteiger partial charge in [0.2, 0.25) is 0 Å². The number of benzene rings is 3. The van der Waals surface area contributed by atoms with Gasteiger partial charge in [0.05, 0.1) is 11.1 Å². The lowest BCUT2D eigenvalue weighted by Crippen LogP contribution is -2.13. The summed E-state index contributed by atoms with van der Waals surface area (Å²) >= 11 is 0. The fourth-order valence-corrected chi connectivity index (χ4v) is 3.56. The van der Waals surface area contributed by atoms with Gasteiger partial charge >= 0.3 is 0 Å². The normalized spacial score (nSPS) is 10.8. The number of carbonyl (C=O) groups is 1. The largest absolute Gasteiger partial charge is 0.320 e. The van der Waals surface area contributed by atoms with E-state index < -0.39 is 0 Å². The third-order valence-electron chi connectivity index (χ3n) is 5.09. The second kappa shape index (κ2) is 7.72. The Labute approximate surface area is 176 Å². The van der Waals surface area contributed by atoms with Crippen LogP contribution in [0.5, 0.6) is 0 Å². The molecule has 0 unspecified atom stereocenters. The van der Waals surface area contributed by atoms with Gasteiger partial charge in [-0.15, -0.1) is 0 Å². The van der Waals surface area contributed by atoms with Crippen LogP contribution in [0.1, 0.15) is 10.5 Å². The zero-order valence-electron chi connectivity index (χ0n) is 16.3. The molecule has 0 radical (unpaired) electrons. The molecule has 0 atom stereocenters. The van der Waals surface area contributed by atoms with Gasteiger partial charge in [0, 0.05) is 28.4 Å². The van der Waals surface area contributed by atoms with Gasteiger partial charge in [-0.1, -0.05) is 60.7 Å². The van der Waals surface area contributed by atoms with Crippen LogP contribution in [0, 0.1) is 0 Å². The number of nitrogens with one attached hydrogen (secondary N) is 3. The van der Waals surface area contributed by atoms with Crippen molar-refractivity contribution in [3.05, 3.63) is 101 Å². The SMILES string of the molecule is O=C(Nc1ccccc1-c1ccc(-c2n[nH]c(=O)c3ccccc23)cc1)c1ccn[nH]1. The van der Waals surface area contributed by atoms with Crippen molar-refractivity contribution < 1.29 is 4.79 Å². The molecule has 5 rings (SSSR count). The molecule has 3 N–H and O–H groups in total. The Bertz CT molecular complexity index is 1440. The summed E-state index contributed by atoms with van der Waals surface area (Å²) in [5, 5.41) is 17.6. The highest BCUT2D eigenvalue weighted by Gasteiger charge is 2.12. The van der Waals surface area contributed by atoms with Gasteiger partial charge in [-0.25, -0.2) is 5.10 Å². The average molecular weight is 407 g/mol. The number of nitrogens with zero attached hydrogens (tertiary/aromatic N) is 2. The van der Waals surface area contributed by atoms with Crippen LogP contribution in [-0.4, -0.2) is 26.3 Å². The second-order valence-electron chi connectivity index (χ2n) is 6.99. The standard InChI is InChI=1S/C24H17N5O2/c30-23-19-7-2-1-6-18(19)22(28-29-23)16-11-9-15(10-12-16)17-5-3-4-8-20(17)26-24(31)21-13-14-25-27-21/h1-14H,(H,25,27)(H,26,31)(H,29,30). The Kier molecular flexibility index (Phi) is 4.61. The van der Waals surface area contributed by atoms with Gasteiger partial charge < -0.3 is 5.32 Å². The van der Waals surface area contributed by atoms with Gasteiger partial charge in [0.25, 0.3) is 11.5 Å². The summed E-state index contributed by atoms with van der Waals surface area (Å²) in [7, 11) is 0. The van der Waals surface area contributed by atoms with Crippen molar-refractivity contribution in [3.63, 3.8) is 0 Å². The van der Waals surface area contributed by atoms with E-state index in [9.17, 15) is 9.59 Å². The molecule has 2 aromatic heterocycles. The van der Waals surface area contributed by atoms with E-state index in [2.05, 4.69) is 25.7 Å². The highest BCUT2D eigenvalue weighted by Crippen LogP contribution is 2.31. The molecule has 1 amide bonds. The first-order valence-electron chi connectivity index (χ1n) is 9.69. The summed E-state index contributed by atoms with van der Waals surface area (Å²) in [6, 6.07) is 24.5. The lowest BCUT2D eigenvalue weighted by molar-refractivity contribution is 0.102. The Morgan fingerprint density at radius 3 is 2.26 bits per heavy atom. The van der Waals surface area contributed by atoms with Gasteiger partial charge in [-0.3, -0.25) is 14.7 Å². The first kappa shape index (κ1) is 18.5. The number of para-hydroxylation sites is 1. The maximum absolute atomic E-state index is 12.4. The topological polar surface area (TPSA) is 104 Å². The van der Waals surface area contributed by atoms with Gasteiger partial charge in [0.15, 0.2) is 0 Å². The molecule has 7 heteroatoms. The molecule has 0 saturated carbocycles. The van der Waals surface area contributed by atoms with Crippen molar-refractivity contribution in [1.82, 2.24) is 20.4 Å². The fourth-order valence-electron chi connectivity index (χ4n) is 3.56. The zero-order chi connectivity index (χ0) is 21.2. The van der Waals surface area contributed by atoms with E-state index in [1.165, 1.54) is 6.20 Å². The summed E-state index contributed by atoms with van der Waals surface area (Å²) in [4.78, 5) is 24.5. The van der Waals surface area contributed by atoms with E-state index in [1.54, 1.807) is 12.1 Å². The van der Waals surface area contributed by atoms with Crippen LogP contribution in [0.25, 0.3) is 33.2 Å². The predicted molar refractivity (Wildman–Crippen MR) is 120 cm³/mol. The molecule has 31 heavy (non-hydrogen) atoms. The molecule has 5 aromatic rings. The Morgan fingerprint density at radius 1 is 0.774 bits per heavy atom. The quantitative estimate of drug-likeness (QED) is 0.415. The third-order valence-corrected chi connectivity index (χ3v) is 5.09. The summed E-state index contributed by atoms with van der Waals surface area (Å²) in [5.41, 5.74) is 4.30. The minimum atomic E-state index is -0.259. The molecule has 0 saturated heterocycles. The van der Waals surface area contributed by atoms with E-state index in [4.69, 9.17) is 0 Å². The van der Waals surface area contributed by atoms with E-state index >= 15 is 0 Å². The molecule has 0 bridgehead atoms. The lowest BCUT2D eigenvalue weighted by Gasteiger charge is -2.12. The molecule has 0 spiro atoms. The number of hydrogen-bond acceptors (Lipinski definition) is 4. The van der Waals surface area contributed by atoms with Crippen LogP contribution in [0.3, 0.4) is 0 Å². The number of fused-ring (bicyclic) bond motifs is 1. The molecule has 0 aliphatic carbocycles. The lowest BCUT2D eigenvalue weighted by atomic mass is 9.99.